The molecule has 2 aliphatic rings. The smallest absolute Gasteiger partial charge is 0.328 e. The second kappa shape index (κ2) is 8.69. The van der Waals surface area contributed by atoms with Crippen LogP contribution in [0.4, 0.5) is 13.2 Å². The Kier molecular flexibility index (Phi) is 6.27. The van der Waals surface area contributed by atoms with Gasteiger partial charge in [0.1, 0.15) is 4.90 Å². The molecule has 32 heavy (non-hydrogen) atoms. The lowest BCUT2D eigenvalue weighted by Gasteiger charge is -2.32. The largest absolute Gasteiger partial charge is 0.417 e. The van der Waals surface area contributed by atoms with Crippen LogP contribution in [-0.4, -0.2) is 47.2 Å². The third-order valence-electron chi connectivity index (χ3n) is 6.47. The monoisotopic (exact) mass is 473 g/mol. The number of alkyl halides is 3. The van der Waals surface area contributed by atoms with E-state index in [-0.39, 0.29) is 23.3 Å². The Labute approximate surface area is 183 Å². The van der Waals surface area contributed by atoms with Crippen LogP contribution in [0.2, 0.25) is 0 Å². The molecule has 2 aromatic rings. The van der Waals surface area contributed by atoms with Gasteiger partial charge in [-0.3, -0.25) is 0 Å². The second-order valence-corrected chi connectivity index (χ2v) is 10.2. The molecule has 13 heteroatoms. The Morgan fingerprint density at radius 3 is 2.28 bits per heavy atom. The topological polar surface area (TPSA) is 153 Å². The summed E-state index contributed by atoms with van der Waals surface area (Å²) in [6, 6.07) is 3.02. The van der Waals surface area contributed by atoms with E-state index in [1.165, 1.54) is 6.07 Å². The van der Waals surface area contributed by atoms with Crippen LogP contribution in [0.15, 0.2) is 17.0 Å². The first-order chi connectivity index (χ1) is 15.0. The number of hydrogen-bond acceptors (Lipinski definition) is 7. The molecule has 6 N–H and O–H groups in total. The molecule has 2 unspecified atom stereocenters. The Balaban J connectivity index is 1.66. The van der Waals surface area contributed by atoms with Gasteiger partial charge < -0.3 is 11.1 Å². The summed E-state index contributed by atoms with van der Waals surface area (Å²) in [5.74, 6) is -0.308. The van der Waals surface area contributed by atoms with Crippen LogP contribution in [-0.2, 0) is 16.2 Å². The van der Waals surface area contributed by atoms with Crippen molar-refractivity contribution >= 4 is 10.0 Å². The lowest BCUT2D eigenvalue weighted by molar-refractivity contribution is -0.139. The Morgan fingerprint density at radius 2 is 1.75 bits per heavy atom. The van der Waals surface area contributed by atoms with Gasteiger partial charge in [0, 0.05) is 23.7 Å². The summed E-state index contributed by atoms with van der Waals surface area (Å²) in [6.45, 7) is 0. The fraction of sp³-hybridized carbons (Fsp3) is 0.632. The second-order valence-electron chi connectivity index (χ2n) is 8.68. The van der Waals surface area contributed by atoms with E-state index in [0.29, 0.717) is 30.5 Å². The van der Waals surface area contributed by atoms with Crippen LogP contribution < -0.4 is 16.2 Å². The van der Waals surface area contributed by atoms with Crippen LogP contribution in [0, 0.1) is 0 Å². The summed E-state index contributed by atoms with van der Waals surface area (Å²) in [5, 5.41) is 21.8. The lowest BCUT2D eigenvalue weighted by Crippen LogP contribution is -2.39. The maximum absolute atomic E-state index is 13.6. The molecule has 4 rings (SSSR count). The summed E-state index contributed by atoms with van der Waals surface area (Å²) >= 11 is 0. The highest BCUT2D eigenvalue weighted by Crippen LogP contribution is 2.44. The van der Waals surface area contributed by atoms with Crippen LogP contribution >= 0.6 is 0 Å². The fourth-order valence-corrected chi connectivity index (χ4v) is 6.03. The number of sulfonamides is 1. The maximum Gasteiger partial charge on any atom is 0.417 e. The first kappa shape index (κ1) is 23.1. The van der Waals surface area contributed by atoms with E-state index < -0.39 is 26.7 Å². The number of aromatic amines is 1. The molecular formula is C19H26F3N7O2S. The minimum absolute atomic E-state index is 0.151. The third kappa shape index (κ3) is 4.80. The molecule has 0 spiro atoms. The van der Waals surface area contributed by atoms with Gasteiger partial charge in [-0.25, -0.2) is 18.7 Å². The number of aromatic nitrogens is 4. The zero-order valence-corrected chi connectivity index (χ0v) is 18.1. The number of H-pyrrole nitrogens is 1. The van der Waals surface area contributed by atoms with E-state index in [1.807, 2.05) is 0 Å². The Morgan fingerprint density at radius 1 is 1.06 bits per heavy atom. The van der Waals surface area contributed by atoms with Crippen LogP contribution in [0.25, 0.3) is 11.4 Å². The van der Waals surface area contributed by atoms with Crippen molar-refractivity contribution in [3.05, 3.63) is 23.3 Å². The number of nitrogens with one attached hydrogen (secondary N) is 2. The molecule has 2 saturated carbocycles. The van der Waals surface area contributed by atoms with Crippen molar-refractivity contribution in [2.24, 2.45) is 10.9 Å². The summed E-state index contributed by atoms with van der Waals surface area (Å²) in [7, 11) is -4.73. The predicted molar refractivity (Wildman–Crippen MR) is 110 cm³/mol. The van der Waals surface area contributed by atoms with Crippen LogP contribution in [0.5, 0.6) is 0 Å². The van der Waals surface area contributed by atoms with Crippen LogP contribution in [0.1, 0.15) is 62.0 Å². The standard InChI is InChI=1S/C19H26F3N7O2S/c20-19(21,22)15-8-7-14(16(17(15)32(24,30)31)18-26-28-29-27-18)10-1-4-12(5-2-10)25-13-6-3-11(23)9-13/h7-8,10-13,25H,1-6,9,23H2,(H2,24,30,31)(H,26,27,28,29). The third-order valence-corrected chi connectivity index (χ3v) is 7.47. The molecule has 1 aromatic heterocycles. The van der Waals surface area contributed by atoms with E-state index in [1.54, 1.807) is 0 Å². The summed E-state index contributed by atoms with van der Waals surface area (Å²) in [5.41, 5.74) is 4.90. The number of nitrogens with zero attached hydrogens (tertiary/aromatic N) is 3. The fourth-order valence-electron chi connectivity index (χ4n) is 5.04. The van der Waals surface area contributed by atoms with Crippen molar-refractivity contribution in [2.45, 2.75) is 80.1 Å². The molecular weight excluding hydrogens is 447 g/mol. The highest BCUT2D eigenvalue weighted by molar-refractivity contribution is 7.89. The Bertz CT molecular complexity index is 1050. The van der Waals surface area contributed by atoms with E-state index in [4.69, 9.17) is 10.9 Å². The van der Waals surface area contributed by atoms with Crippen molar-refractivity contribution in [2.75, 3.05) is 0 Å². The molecule has 0 aliphatic heterocycles. The number of tetrazole rings is 1. The van der Waals surface area contributed by atoms with Crippen molar-refractivity contribution < 1.29 is 21.6 Å². The van der Waals surface area contributed by atoms with Gasteiger partial charge in [0.25, 0.3) is 0 Å². The minimum Gasteiger partial charge on any atom is -0.328 e. The molecule has 2 aliphatic carbocycles. The molecule has 2 fully saturated rings. The van der Waals surface area contributed by atoms with Gasteiger partial charge in [0.15, 0.2) is 5.82 Å². The number of nitrogens with two attached hydrogens (primary N) is 2. The molecule has 1 heterocycles. The highest BCUT2D eigenvalue weighted by Gasteiger charge is 2.40. The molecule has 2 atom stereocenters. The molecule has 0 bridgehead atoms. The molecule has 0 saturated heterocycles. The van der Waals surface area contributed by atoms with Gasteiger partial charge in [0.05, 0.1) is 5.56 Å². The van der Waals surface area contributed by atoms with E-state index in [0.717, 1.165) is 38.2 Å². The van der Waals surface area contributed by atoms with Gasteiger partial charge in [-0.1, -0.05) is 6.07 Å². The summed E-state index contributed by atoms with van der Waals surface area (Å²) in [4.78, 5) is -0.999. The van der Waals surface area contributed by atoms with E-state index in [9.17, 15) is 21.6 Å². The van der Waals surface area contributed by atoms with Crippen LogP contribution in [0.3, 0.4) is 0 Å². The molecule has 1 aromatic carbocycles. The van der Waals surface area contributed by atoms with E-state index >= 15 is 0 Å². The number of benzene rings is 1. The number of halogens is 3. The normalized spacial score (nSPS) is 27.0. The van der Waals surface area contributed by atoms with Crippen molar-refractivity contribution in [1.82, 2.24) is 25.9 Å². The lowest BCUT2D eigenvalue weighted by atomic mass is 9.79. The molecule has 176 valence electrons. The average molecular weight is 474 g/mol. The van der Waals surface area contributed by atoms with Crippen molar-refractivity contribution in [3.8, 4) is 11.4 Å². The first-order valence-electron chi connectivity index (χ1n) is 10.6. The molecule has 0 radical (unpaired) electrons. The SMILES string of the molecule is NC1CCC(NC2CCC(c3ccc(C(F)(F)F)c(S(N)(=O)=O)c3-c3nnn[nH]3)CC2)C1. The highest BCUT2D eigenvalue weighted by atomic mass is 32.2. The van der Waals surface area contributed by atoms with Gasteiger partial charge in [-0.2, -0.15) is 13.2 Å². The van der Waals surface area contributed by atoms with Gasteiger partial charge in [-0.15, -0.1) is 5.10 Å². The number of rotatable bonds is 5. The van der Waals surface area contributed by atoms with Gasteiger partial charge in [0.2, 0.25) is 10.0 Å². The van der Waals surface area contributed by atoms with Crippen molar-refractivity contribution in [3.63, 3.8) is 0 Å². The number of hydrogen-bond donors (Lipinski definition) is 4. The zero-order valence-electron chi connectivity index (χ0n) is 17.3. The van der Waals surface area contributed by atoms with Crippen molar-refractivity contribution in [1.29, 1.82) is 0 Å². The summed E-state index contributed by atoms with van der Waals surface area (Å²) < 4.78 is 65.5. The molecule has 9 nitrogen and oxygen atoms in total. The first-order valence-corrected chi connectivity index (χ1v) is 12.1. The molecule has 0 amide bonds. The number of primary sulfonamides is 1. The average Bonchev–Trinajstić information content (AvgIpc) is 3.38. The quantitative estimate of drug-likeness (QED) is 0.518. The van der Waals surface area contributed by atoms with E-state index in [2.05, 4.69) is 25.9 Å². The maximum atomic E-state index is 13.6. The van der Waals surface area contributed by atoms with Gasteiger partial charge >= 0.3 is 6.18 Å². The zero-order chi connectivity index (χ0) is 23.1. The minimum atomic E-state index is -4.91. The summed E-state index contributed by atoms with van der Waals surface area (Å²) in [6.07, 6.45) is 1.07. The van der Waals surface area contributed by atoms with Gasteiger partial charge in [-0.05, 0) is 72.9 Å². The Hall–Kier alpha value is -2.09. The predicted octanol–water partition coefficient (Wildman–Crippen LogP) is 2.03.